The summed E-state index contributed by atoms with van der Waals surface area (Å²) in [5.41, 5.74) is 3.96. The molecule has 0 atom stereocenters. The molecule has 30 heavy (non-hydrogen) atoms. The van der Waals surface area contributed by atoms with E-state index in [0.717, 1.165) is 21.9 Å². The molecule has 0 aliphatic carbocycles. The number of carbonyl (C=O) groups is 2. The highest BCUT2D eigenvalue weighted by Crippen LogP contribution is 2.25. The number of ether oxygens (including phenoxy) is 1. The number of hydrogen-bond donors (Lipinski definition) is 1. The van der Waals surface area contributed by atoms with Crippen molar-refractivity contribution in [2.75, 3.05) is 12.4 Å². The first-order chi connectivity index (χ1) is 14.5. The zero-order chi connectivity index (χ0) is 21.1. The highest BCUT2D eigenvalue weighted by atomic mass is 35.5. The van der Waals surface area contributed by atoms with E-state index in [1.54, 1.807) is 35.6 Å². The number of rotatable bonds is 6. The lowest BCUT2D eigenvalue weighted by Crippen LogP contribution is -2.13. The molecule has 0 aliphatic heterocycles. The van der Waals surface area contributed by atoms with Gasteiger partial charge in [0.15, 0.2) is 4.96 Å². The fourth-order valence-corrected chi connectivity index (χ4v) is 4.07. The topological polar surface area (TPSA) is 72.7 Å². The number of nitrogens with one attached hydrogen (secondary N) is 1. The van der Waals surface area contributed by atoms with Gasteiger partial charge in [-0.1, -0.05) is 23.7 Å². The second-order valence-electron chi connectivity index (χ2n) is 6.63. The van der Waals surface area contributed by atoms with Crippen LogP contribution in [-0.4, -0.2) is 28.4 Å². The minimum atomic E-state index is -0.410. The standard InChI is InChI=1S/C22H18ClN3O3S/c1-29-21(28)15-4-8-17(9-5-15)24-20(27)11-10-18-13-30-22-25-19(12-26(18)22)14-2-6-16(23)7-3-14/h2-9,12-13H,10-11H2,1H3,(H,24,27). The Balaban J connectivity index is 1.40. The first kappa shape index (κ1) is 20.1. The molecule has 2 heterocycles. The fraction of sp³-hybridized carbons (Fsp3) is 0.136. The van der Waals surface area contributed by atoms with E-state index in [-0.39, 0.29) is 5.91 Å². The largest absolute Gasteiger partial charge is 0.465 e. The molecule has 4 aromatic rings. The molecule has 0 saturated carbocycles. The zero-order valence-corrected chi connectivity index (χ0v) is 17.7. The van der Waals surface area contributed by atoms with Crippen molar-refractivity contribution < 1.29 is 14.3 Å². The van der Waals surface area contributed by atoms with E-state index in [1.165, 1.54) is 7.11 Å². The molecule has 6 nitrogen and oxygen atoms in total. The normalized spacial score (nSPS) is 10.9. The Morgan fingerprint density at radius 2 is 1.87 bits per heavy atom. The van der Waals surface area contributed by atoms with Gasteiger partial charge in [0.2, 0.25) is 5.91 Å². The van der Waals surface area contributed by atoms with E-state index in [9.17, 15) is 9.59 Å². The first-order valence-corrected chi connectivity index (χ1v) is 10.5. The van der Waals surface area contributed by atoms with Crippen LogP contribution >= 0.6 is 22.9 Å². The molecule has 2 aromatic carbocycles. The number of thiazole rings is 1. The number of aromatic nitrogens is 2. The second-order valence-corrected chi connectivity index (χ2v) is 7.90. The lowest BCUT2D eigenvalue weighted by molar-refractivity contribution is -0.116. The number of esters is 1. The van der Waals surface area contributed by atoms with Gasteiger partial charge < -0.3 is 10.1 Å². The molecule has 2 aromatic heterocycles. The minimum Gasteiger partial charge on any atom is -0.465 e. The Labute approximate surface area is 182 Å². The van der Waals surface area contributed by atoms with Crippen molar-refractivity contribution in [2.24, 2.45) is 0 Å². The molecule has 8 heteroatoms. The molecular formula is C22H18ClN3O3S. The first-order valence-electron chi connectivity index (χ1n) is 9.23. The Kier molecular flexibility index (Phi) is 5.83. The summed E-state index contributed by atoms with van der Waals surface area (Å²) in [5, 5.41) is 5.55. The fourth-order valence-electron chi connectivity index (χ4n) is 3.04. The number of methoxy groups -OCH3 is 1. The third kappa shape index (κ3) is 4.37. The van der Waals surface area contributed by atoms with Crippen LogP contribution in [0.2, 0.25) is 5.02 Å². The van der Waals surface area contributed by atoms with Crippen molar-refractivity contribution in [3.63, 3.8) is 0 Å². The number of hydrogen-bond acceptors (Lipinski definition) is 5. The van der Waals surface area contributed by atoms with Gasteiger partial charge in [0.25, 0.3) is 0 Å². The number of fused-ring (bicyclic) bond motifs is 1. The van der Waals surface area contributed by atoms with Crippen LogP contribution in [0.4, 0.5) is 5.69 Å². The second kappa shape index (κ2) is 8.69. The predicted molar refractivity (Wildman–Crippen MR) is 118 cm³/mol. The number of halogens is 1. The molecule has 0 unspecified atom stereocenters. The summed E-state index contributed by atoms with van der Waals surface area (Å²) >= 11 is 7.50. The van der Waals surface area contributed by atoms with Crippen LogP contribution < -0.4 is 5.32 Å². The van der Waals surface area contributed by atoms with Gasteiger partial charge >= 0.3 is 5.97 Å². The quantitative estimate of drug-likeness (QED) is 0.425. The van der Waals surface area contributed by atoms with Crippen molar-refractivity contribution >= 4 is 45.5 Å². The molecule has 0 spiro atoms. The van der Waals surface area contributed by atoms with Crippen LogP contribution in [0.15, 0.2) is 60.1 Å². The van der Waals surface area contributed by atoms with Crippen LogP contribution in [0.3, 0.4) is 0 Å². The van der Waals surface area contributed by atoms with E-state index in [4.69, 9.17) is 11.6 Å². The van der Waals surface area contributed by atoms with E-state index in [0.29, 0.717) is 29.1 Å². The van der Waals surface area contributed by atoms with Crippen LogP contribution in [0.1, 0.15) is 22.5 Å². The number of anilines is 1. The number of aryl methyl sites for hydroxylation is 1. The lowest BCUT2D eigenvalue weighted by Gasteiger charge is -2.06. The minimum absolute atomic E-state index is 0.0989. The molecule has 0 bridgehead atoms. The molecular weight excluding hydrogens is 422 g/mol. The molecule has 1 N–H and O–H groups in total. The molecule has 0 aliphatic rings. The van der Waals surface area contributed by atoms with Crippen LogP contribution in [0, 0.1) is 0 Å². The highest BCUT2D eigenvalue weighted by Gasteiger charge is 2.12. The van der Waals surface area contributed by atoms with Crippen molar-refractivity contribution in [1.82, 2.24) is 9.38 Å². The van der Waals surface area contributed by atoms with Crippen LogP contribution in [-0.2, 0) is 16.0 Å². The van der Waals surface area contributed by atoms with Gasteiger partial charge in [0, 0.05) is 40.0 Å². The molecule has 0 radical (unpaired) electrons. The number of carbonyl (C=O) groups excluding carboxylic acids is 2. The molecule has 1 amide bonds. The number of benzene rings is 2. The maximum atomic E-state index is 12.3. The Morgan fingerprint density at radius 3 is 2.57 bits per heavy atom. The highest BCUT2D eigenvalue weighted by molar-refractivity contribution is 7.15. The maximum absolute atomic E-state index is 12.3. The summed E-state index contributed by atoms with van der Waals surface area (Å²) < 4.78 is 6.69. The van der Waals surface area contributed by atoms with Gasteiger partial charge in [0.1, 0.15) is 0 Å². The smallest absolute Gasteiger partial charge is 0.337 e. The average Bonchev–Trinajstić information content (AvgIpc) is 3.34. The maximum Gasteiger partial charge on any atom is 0.337 e. The van der Waals surface area contributed by atoms with Crippen molar-refractivity contribution in [3.05, 3.63) is 76.4 Å². The average molecular weight is 440 g/mol. The summed E-state index contributed by atoms with van der Waals surface area (Å²) in [6, 6.07) is 14.2. The Hall–Kier alpha value is -3.16. The van der Waals surface area contributed by atoms with Gasteiger partial charge in [-0.2, -0.15) is 0 Å². The summed E-state index contributed by atoms with van der Waals surface area (Å²) in [4.78, 5) is 29.4. The van der Waals surface area contributed by atoms with E-state index in [2.05, 4.69) is 15.0 Å². The Bertz CT molecular complexity index is 1200. The summed E-state index contributed by atoms with van der Waals surface area (Å²) in [6.07, 6.45) is 2.90. The number of amides is 1. The Morgan fingerprint density at radius 1 is 1.13 bits per heavy atom. The zero-order valence-electron chi connectivity index (χ0n) is 16.1. The number of nitrogens with zero attached hydrogens (tertiary/aromatic N) is 2. The predicted octanol–water partition coefficient (Wildman–Crippen LogP) is 5.07. The van der Waals surface area contributed by atoms with Crippen LogP contribution in [0.25, 0.3) is 16.2 Å². The van der Waals surface area contributed by atoms with Crippen molar-refractivity contribution in [1.29, 1.82) is 0 Å². The molecule has 0 saturated heterocycles. The van der Waals surface area contributed by atoms with E-state index in [1.807, 2.05) is 40.2 Å². The summed E-state index contributed by atoms with van der Waals surface area (Å²) in [5.74, 6) is -0.508. The summed E-state index contributed by atoms with van der Waals surface area (Å²) in [6.45, 7) is 0. The molecule has 0 fully saturated rings. The van der Waals surface area contributed by atoms with Gasteiger partial charge in [-0.15, -0.1) is 11.3 Å². The van der Waals surface area contributed by atoms with E-state index < -0.39 is 5.97 Å². The lowest BCUT2D eigenvalue weighted by atomic mass is 10.2. The van der Waals surface area contributed by atoms with Crippen LogP contribution in [0.5, 0.6) is 0 Å². The van der Waals surface area contributed by atoms with Gasteiger partial charge in [-0.05, 0) is 42.8 Å². The van der Waals surface area contributed by atoms with Crippen molar-refractivity contribution in [2.45, 2.75) is 12.8 Å². The third-order valence-electron chi connectivity index (χ3n) is 4.62. The number of imidazole rings is 1. The molecule has 4 rings (SSSR count). The van der Waals surface area contributed by atoms with Gasteiger partial charge in [-0.3, -0.25) is 9.20 Å². The van der Waals surface area contributed by atoms with Gasteiger partial charge in [0.05, 0.1) is 18.4 Å². The van der Waals surface area contributed by atoms with Crippen molar-refractivity contribution in [3.8, 4) is 11.3 Å². The SMILES string of the molecule is COC(=O)c1ccc(NC(=O)CCc2csc3nc(-c4ccc(Cl)cc4)cn23)cc1. The van der Waals surface area contributed by atoms with E-state index >= 15 is 0 Å². The monoisotopic (exact) mass is 439 g/mol. The molecule has 152 valence electrons. The van der Waals surface area contributed by atoms with Gasteiger partial charge in [-0.25, -0.2) is 9.78 Å². The summed E-state index contributed by atoms with van der Waals surface area (Å²) in [7, 11) is 1.33. The third-order valence-corrected chi connectivity index (χ3v) is 5.76.